The molecule has 2 aromatic rings. The quantitative estimate of drug-likeness (QED) is 0.753. The van der Waals surface area contributed by atoms with E-state index in [9.17, 15) is 14.4 Å². The lowest BCUT2D eigenvalue weighted by Gasteiger charge is -2.25. The zero-order valence-electron chi connectivity index (χ0n) is 14.2. The van der Waals surface area contributed by atoms with Gasteiger partial charge in [-0.15, -0.1) is 0 Å². The van der Waals surface area contributed by atoms with Crippen molar-refractivity contribution >= 4 is 17.3 Å². The average molecular weight is 334 g/mol. The molecule has 0 heterocycles. The van der Waals surface area contributed by atoms with Gasteiger partial charge in [0.2, 0.25) is 0 Å². The van der Waals surface area contributed by atoms with Crippen LogP contribution in [0.2, 0.25) is 0 Å². The first-order valence-electron chi connectivity index (χ1n) is 8.82. The highest BCUT2D eigenvalue weighted by atomic mass is 16.2. The molecule has 0 amide bonds. The van der Waals surface area contributed by atoms with Gasteiger partial charge < -0.3 is 0 Å². The second-order valence-electron chi connectivity index (χ2n) is 6.69. The molecule has 0 aliphatic heterocycles. The molecular formula is C22H22O3. The molecule has 1 fully saturated rings. The molecule has 0 spiro atoms. The Morgan fingerprint density at radius 3 is 2.00 bits per heavy atom. The normalized spacial score (nSPS) is 20.5. The minimum absolute atomic E-state index is 0.0884. The van der Waals surface area contributed by atoms with E-state index in [1.165, 1.54) is 5.56 Å². The summed E-state index contributed by atoms with van der Waals surface area (Å²) in [5.41, 5.74) is 2.17. The van der Waals surface area contributed by atoms with Crippen molar-refractivity contribution in [3.63, 3.8) is 0 Å². The van der Waals surface area contributed by atoms with Gasteiger partial charge in [-0.2, -0.15) is 0 Å². The number of carbonyl (C=O) groups is 3. The van der Waals surface area contributed by atoms with E-state index >= 15 is 0 Å². The molecule has 0 radical (unpaired) electrons. The van der Waals surface area contributed by atoms with Crippen LogP contribution in [0, 0.1) is 5.92 Å². The van der Waals surface area contributed by atoms with E-state index in [2.05, 4.69) is 0 Å². The number of carbonyl (C=O) groups excluding carboxylic acids is 3. The van der Waals surface area contributed by atoms with Crippen molar-refractivity contribution in [1.29, 1.82) is 0 Å². The molecule has 0 unspecified atom stereocenters. The van der Waals surface area contributed by atoms with Gasteiger partial charge in [-0.25, -0.2) is 0 Å². The first-order chi connectivity index (χ1) is 12.1. The van der Waals surface area contributed by atoms with Crippen LogP contribution in [-0.2, 0) is 20.8 Å². The van der Waals surface area contributed by atoms with Crippen molar-refractivity contribution in [2.75, 3.05) is 0 Å². The van der Waals surface area contributed by atoms with Gasteiger partial charge in [-0.05, 0) is 29.9 Å². The average Bonchev–Trinajstić information content (AvgIpc) is 2.63. The van der Waals surface area contributed by atoms with Crippen molar-refractivity contribution in [3.8, 4) is 0 Å². The van der Waals surface area contributed by atoms with Gasteiger partial charge in [0.25, 0.3) is 0 Å². The third-order valence-electron chi connectivity index (χ3n) is 4.86. The van der Waals surface area contributed by atoms with E-state index in [1.807, 2.05) is 60.7 Å². The molecule has 2 aromatic carbocycles. The highest BCUT2D eigenvalue weighted by molar-refractivity contribution is 6.20. The summed E-state index contributed by atoms with van der Waals surface area (Å²) in [6, 6.07) is 19.5. The maximum Gasteiger partial charge on any atom is 0.151 e. The van der Waals surface area contributed by atoms with Crippen molar-refractivity contribution in [3.05, 3.63) is 71.8 Å². The summed E-state index contributed by atoms with van der Waals surface area (Å²) in [4.78, 5) is 37.3. The van der Waals surface area contributed by atoms with E-state index in [1.54, 1.807) is 0 Å². The molecule has 1 saturated carbocycles. The van der Waals surface area contributed by atoms with Crippen molar-refractivity contribution in [2.24, 2.45) is 5.92 Å². The van der Waals surface area contributed by atoms with E-state index in [4.69, 9.17) is 0 Å². The summed E-state index contributed by atoms with van der Waals surface area (Å²) in [5, 5.41) is 0. The van der Waals surface area contributed by atoms with Crippen molar-refractivity contribution in [1.82, 2.24) is 0 Å². The number of rotatable bonds is 6. The van der Waals surface area contributed by atoms with Crippen LogP contribution < -0.4 is 0 Å². The van der Waals surface area contributed by atoms with Crippen molar-refractivity contribution < 1.29 is 14.4 Å². The Morgan fingerprint density at radius 2 is 1.40 bits per heavy atom. The Hall–Kier alpha value is -2.55. The Morgan fingerprint density at radius 1 is 0.840 bits per heavy atom. The van der Waals surface area contributed by atoms with Gasteiger partial charge in [-0.1, -0.05) is 60.7 Å². The van der Waals surface area contributed by atoms with Crippen LogP contribution in [-0.4, -0.2) is 17.3 Å². The number of Topliss-reactive ketones (excluding diaryl/α,β-unsaturated/α-hetero) is 3. The fraction of sp³-hybridized carbons (Fsp3) is 0.318. The highest BCUT2D eigenvalue weighted by Gasteiger charge is 2.39. The Balaban J connectivity index is 1.56. The molecule has 25 heavy (non-hydrogen) atoms. The molecule has 1 aliphatic carbocycles. The molecule has 128 valence electrons. The summed E-state index contributed by atoms with van der Waals surface area (Å²) in [5.74, 6) is -1.76. The molecule has 0 aromatic heterocycles. The molecular weight excluding hydrogens is 312 g/mol. The van der Waals surface area contributed by atoms with Crippen LogP contribution in [0.25, 0.3) is 0 Å². The monoisotopic (exact) mass is 334 g/mol. The largest absolute Gasteiger partial charge is 0.298 e. The number of hydrogen-bond acceptors (Lipinski definition) is 3. The zero-order valence-corrected chi connectivity index (χ0v) is 14.2. The summed E-state index contributed by atoms with van der Waals surface area (Å²) in [7, 11) is 0. The van der Waals surface area contributed by atoms with Crippen LogP contribution in [0.15, 0.2) is 60.7 Å². The van der Waals surface area contributed by atoms with Crippen LogP contribution >= 0.6 is 0 Å². The lowest BCUT2D eigenvalue weighted by atomic mass is 9.74. The van der Waals surface area contributed by atoms with E-state index in [0.29, 0.717) is 6.42 Å². The molecule has 0 atom stereocenters. The van der Waals surface area contributed by atoms with Gasteiger partial charge in [0.15, 0.2) is 17.3 Å². The number of ketones is 3. The topological polar surface area (TPSA) is 51.2 Å². The van der Waals surface area contributed by atoms with Crippen LogP contribution in [0.1, 0.15) is 42.7 Å². The van der Waals surface area contributed by atoms with Crippen molar-refractivity contribution in [2.45, 2.75) is 38.0 Å². The second kappa shape index (κ2) is 8.02. The predicted molar refractivity (Wildman–Crippen MR) is 96.3 cm³/mol. The maximum absolute atomic E-state index is 12.4. The smallest absolute Gasteiger partial charge is 0.151 e. The molecule has 1 aliphatic rings. The van der Waals surface area contributed by atoms with Crippen LogP contribution in [0.3, 0.4) is 0 Å². The highest BCUT2D eigenvalue weighted by Crippen LogP contribution is 2.32. The molecule has 0 bridgehead atoms. The molecule has 3 rings (SSSR count). The second-order valence-corrected chi connectivity index (χ2v) is 6.69. The van der Waals surface area contributed by atoms with E-state index < -0.39 is 5.92 Å². The minimum atomic E-state index is -1.03. The molecule has 3 heteroatoms. The Bertz CT molecular complexity index is 731. The van der Waals surface area contributed by atoms with Crippen LogP contribution in [0.5, 0.6) is 0 Å². The molecule has 0 N–H and O–H groups in total. The lowest BCUT2D eigenvalue weighted by Crippen LogP contribution is -2.38. The first kappa shape index (κ1) is 17.3. The van der Waals surface area contributed by atoms with Gasteiger partial charge in [-0.3, -0.25) is 14.4 Å². The molecule has 3 nitrogen and oxygen atoms in total. The Labute approximate surface area is 148 Å². The fourth-order valence-electron chi connectivity index (χ4n) is 3.55. The summed E-state index contributed by atoms with van der Waals surface area (Å²) in [6.45, 7) is 0. The summed E-state index contributed by atoms with van der Waals surface area (Å²) < 4.78 is 0. The molecule has 0 saturated heterocycles. The lowest BCUT2D eigenvalue weighted by molar-refractivity contribution is -0.142. The van der Waals surface area contributed by atoms with Crippen LogP contribution in [0.4, 0.5) is 0 Å². The number of benzene rings is 2. The van der Waals surface area contributed by atoms with E-state index in [-0.39, 0.29) is 42.5 Å². The van der Waals surface area contributed by atoms with Gasteiger partial charge in [0, 0.05) is 19.3 Å². The third-order valence-corrected chi connectivity index (χ3v) is 4.86. The number of hydrogen-bond donors (Lipinski definition) is 0. The summed E-state index contributed by atoms with van der Waals surface area (Å²) >= 11 is 0. The van der Waals surface area contributed by atoms with Gasteiger partial charge in [0.05, 0.1) is 0 Å². The third kappa shape index (κ3) is 4.30. The van der Waals surface area contributed by atoms with Gasteiger partial charge in [0.1, 0.15) is 5.92 Å². The first-order valence-corrected chi connectivity index (χ1v) is 8.82. The number of aryl methyl sites for hydroxylation is 1. The fourth-order valence-corrected chi connectivity index (χ4v) is 3.55. The minimum Gasteiger partial charge on any atom is -0.298 e. The zero-order chi connectivity index (χ0) is 17.6. The maximum atomic E-state index is 12.4. The SMILES string of the molecule is O=C(CCCc1ccccc1)C1C(=O)CC(c2ccccc2)CC1=O. The predicted octanol–water partition coefficient (Wildman–Crippen LogP) is 3.91. The Kier molecular flexibility index (Phi) is 5.54. The van der Waals surface area contributed by atoms with E-state index in [0.717, 1.165) is 12.0 Å². The standard InChI is InChI=1S/C22H22O3/c23-19(13-7-10-16-8-3-1-4-9-16)22-20(24)14-18(15-21(22)25)17-11-5-2-6-12-17/h1-6,8-9,11-12,18,22H,7,10,13-15H2. The summed E-state index contributed by atoms with van der Waals surface area (Å²) in [6.07, 6.45) is 2.30. The van der Waals surface area contributed by atoms with Gasteiger partial charge >= 0.3 is 0 Å².